The fraction of sp³-hybridized carbons (Fsp3) is 0.222. The number of carbonyl (C=O) groups excluding carboxylic acids is 1. The summed E-state index contributed by atoms with van der Waals surface area (Å²) in [6.07, 6.45) is 4.41. The molecule has 1 aliphatic rings. The molecule has 1 amide bonds. The Balaban J connectivity index is 1.36. The van der Waals surface area contributed by atoms with Crippen molar-refractivity contribution in [3.8, 4) is 0 Å². The Hall–Kier alpha value is -3.37. The highest BCUT2D eigenvalue weighted by Gasteiger charge is 2.21. The summed E-state index contributed by atoms with van der Waals surface area (Å²) in [4.78, 5) is 17.7. The lowest BCUT2D eigenvalue weighted by atomic mass is 10.1. The number of nitrogens with one attached hydrogen (secondary N) is 1. The second kappa shape index (κ2) is 10.1. The molecule has 1 saturated heterocycles. The van der Waals surface area contributed by atoms with Crippen LogP contribution in [0.3, 0.4) is 0 Å². The first-order chi connectivity index (χ1) is 15.2. The van der Waals surface area contributed by atoms with E-state index in [-0.39, 0.29) is 5.91 Å². The molecule has 0 spiro atoms. The Bertz CT molecular complexity index is 1040. The molecule has 0 bridgehead atoms. The number of anilines is 2. The van der Waals surface area contributed by atoms with Crippen molar-refractivity contribution >= 4 is 23.4 Å². The number of hydrogen-bond acceptors (Lipinski definition) is 3. The molecule has 0 radical (unpaired) electrons. The topological polar surface area (TPSA) is 35.6 Å². The van der Waals surface area contributed by atoms with Crippen molar-refractivity contribution in [1.82, 2.24) is 4.90 Å². The highest BCUT2D eigenvalue weighted by Crippen LogP contribution is 2.23. The average Bonchev–Trinajstić information content (AvgIpc) is 2.80. The molecule has 4 rings (SSSR count). The zero-order valence-corrected chi connectivity index (χ0v) is 18.0. The van der Waals surface area contributed by atoms with E-state index in [9.17, 15) is 4.79 Å². The van der Waals surface area contributed by atoms with Crippen molar-refractivity contribution in [3.63, 3.8) is 0 Å². The monoisotopic (exact) mass is 411 g/mol. The predicted molar refractivity (Wildman–Crippen MR) is 130 cm³/mol. The van der Waals surface area contributed by atoms with Crippen LogP contribution in [0.2, 0.25) is 0 Å². The maximum Gasteiger partial charge on any atom is 0.257 e. The van der Waals surface area contributed by atoms with Crippen LogP contribution in [0, 0.1) is 6.92 Å². The Kier molecular flexibility index (Phi) is 6.80. The third kappa shape index (κ3) is 5.62. The minimum absolute atomic E-state index is 0.0607. The number of hydrogen-bond donors (Lipinski definition) is 1. The minimum atomic E-state index is -0.0607. The first-order valence-electron chi connectivity index (χ1n) is 10.8. The molecule has 0 aliphatic carbocycles. The van der Waals surface area contributed by atoms with E-state index < -0.39 is 0 Å². The summed E-state index contributed by atoms with van der Waals surface area (Å²) < 4.78 is 0. The van der Waals surface area contributed by atoms with Gasteiger partial charge in [-0.1, -0.05) is 66.7 Å². The Labute approximate surface area is 184 Å². The molecule has 3 aromatic rings. The molecule has 0 saturated carbocycles. The van der Waals surface area contributed by atoms with E-state index in [2.05, 4.69) is 57.6 Å². The molecule has 31 heavy (non-hydrogen) atoms. The Morgan fingerprint density at radius 3 is 2.42 bits per heavy atom. The third-order valence-electron chi connectivity index (χ3n) is 5.61. The van der Waals surface area contributed by atoms with Gasteiger partial charge in [-0.3, -0.25) is 9.69 Å². The lowest BCUT2D eigenvalue weighted by Crippen LogP contribution is -2.46. The molecule has 1 heterocycles. The maximum atomic E-state index is 13.0. The van der Waals surface area contributed by atoms with Gasteiger partial charge < -0.3 is 10.2 Å². The summed E-state index contributed by atoms with van der Waals surface area (Å²) in [5, 5.41) is 3.05. The highest BCUT2D eigenvalue weighted by molar-refractivity contribution is 6.08. The van der Waals surface area contributed by atoms with Crippen LogP contribution in [0.4, 0.5) is 11.4 Å². The molecule has 4 nitrogen and oxygen atoms in total. The van der Waals surface area contributed by atoms with Gasteiger partial charge in [0.2, 0.25) is 0 Å². The molecule has 1 fully saturated rings. The van der Waals surface area contributed by atoms with Gasteiger partial charge in [-0.2, -0.15) is 0 Å². The van der Waals surface area contributed by atoms with Gasteiger partial charge in [0.25, 0.3) is 5.91 Å². The van der Waals surface area contributed by atoms with E-state index >= 15 is 0 Å². The van der Waals surface area contributed by atoms with Crippen LogP contribution in [0.25, 0.3) is 6.08 Å². The fourth-order valence-electron chi connectivity index (χ4n) is 3.94. The Morgan fingerprint density at radius 1 is 0.903 bits per heavy atom. The number of carbonyl (C=O) groups is 1. The number of aryl methyl sites for hydroxylation is 1. The van der Waals surface area contributed by atoms with E-state index in [0.29, 0.717) is 0 Å². The number of piperazine rings is 1. The van der Waals surface area contributed by atoms with Gasteiger partial charge in [0.1, 0.15) is 0 Å². The molecular weight excluding hydrogens is 382 g/mol. The highest BCUT2D eigenvalue weighted by atomic mass is 16.1. The minimum Gasteiger partial charge on any atom is -0.368 e. The van der Waals surface area contributed by atoms with Crippen LogP contribution in [0.15, 0.2) is 84.9 Å². The zero-order valence-electron chi connectivity index (χ0n) is 18.0. The van der Waals surface area contributed by atoms with Gasteiger partial charge in [-0.05, 0) is 42.3 Å². The van der Waals surface area contributed by atoms with Crippen LogP contribution in [-0.2, 0) is 0 Å². The van der Waals surface area contributed by atoms with E-state index in [1.54, 1.807) is 0 Å². The van der Waals surface area contributed by atoms with Crippen molar-refractivity contribution in [3.05, 3.63) is 102 Å². The van der Waals surface area contributed by atoms with Gasteiger partial charge in [0.15, 0.2) is 0 Å². The van der Waals surface area contributed by atoms with Gasteiger partial charge in [0, 0.05) is 44.1 Å². The van der Waals surface area contributed by atoms with E-state index in [1.807, 2.05) is 55.5 Å². The van der Waals surface area contributed by atoms with Crippen LogP contribution in [-0.4, -0.2) is 43.5 Å². The fourth-order valence-corrected chi connectivity index (χ4v) is 3.94. The first-order valence-corrected chi connectivity index (χ1v) is 10.8. The third-order valence-corrected chi connectivity index (χ3v) is 5.61. The number of amides is 1. The largest absolute Gasteiger partial charge is 0.368 e. The van der Waals surface area contributed by atoms with Gasteiger partial charge in [0.05, 0.1) is 5.56 Å². The van der Waals surface area contributed by atoms with Crippen LogP contribution in [0.1, 0.15) is 21.5 Å². The zero-order chi connectivity index (χ0) is 21.5. The molecule has 0 aromatic heterocycles. The van der Waals surface area contributed by atoms with Crippen LogP contribution >= 0.6 is 0 Å². The summed E-state index contributed by atoms with van der Waals surface area (Å²) in [5.74, 6) is -0.0607. The van der Waals surface area contributed by atoms with Crippen molar-refractivity contribution < 1.29 is 4.79 Å². The molecule has 3 aromatic carbocycles. The SMILES string of the molecule is Cc1cccc(NC(=O)c2ccccc2N2CCN(C/C=C/c3ccccc3)CC2)c1. The molecule has 158 valence electrons. The Morgan fingerprint density at radius 2 is 1.65 bits per heavy atom. The number of benzene rings is 3. The molecule has 0 atom stereocenters. The maximum absolute atomic E-state index is 13.0. The number of rotatable bonds is 6. The van der Waals surface area contributed by atoms with E-state index in [1.165, 1.54) is 5.56 Å². The van der Waals surface area contributed by atoms with E-state index in [0.717, 1.165) is 55.2 Å². The smallest absolute Gasteiger partial charge is 0.257 e. The number of para-hydroxylation sites is 1. The summed E-state index contributed by atoms with van der Waals surface area (Å²) in [7, 11) is 0. The van der Waals surface area contributed by atoms with Crippen molar-refractivity contribution in [2.45, 2.75) is 6.92 Å². The molecule has 4 heteroatoms. The summed E-state index contributed by atoms with van der Waals surface area (Å²) in [5.41, 5.74) is 4.92. The lowest BCUT2D eigenvalue weighted by molar-refractivity contribution is 0.102. The van der Waals surface area contributed by atoms with Gasteiger partial charge in [-0.15, -0.1) is 0 Å². The average molecular weight is 412 g/mol. The van der Waals surface area contributed by atoms with Crippen LogP contribution in [0.5, 0.6) is 0 Å². The summed E-state index contributed by atoms with van der Waals surface area (Å²) >= 11 is 0. The van der Waals surface area contributed by atoms with Gasteiger partial charge >= 0.3 is 0 Å². The van der Waals surface area contributed by atoms with Crippen LogP contribution < -0.4 is 10.2 Å². The van der Waals surface area contributed by atoms with Crippen molar-refractivity contribution in [2.24, 2.45) is 0 Å². The van der Waals surface area contributed by atoms with Crippen molar-refractivity contribution in [2.75, 3.05) is 42.9 Å². The molecule has 1 aliphatic heterocycles. The second-order valence-corrected chi connectivity index (χ2v) is 7.94. The molecular formula is C27H29N3O. The standard InChI is InChI=1S/C27H29N3O/c1-22-9-7-13-24(21-22)28-27(31)25-14-5-6-15-26(25)30-19-17-29(18-20-30)16-8-12-23-10-3-2-4-11-23/h2-15,21H,16-20H2,1H3,(H,28,31)/b12-8+. The molecule has 0 unspecified atom stereocenters. The second-order valence-electron chi connectivity index (χ2n) is 7.94. The first kappa shape index (κ1) is 20.9. The normalized spacial score (nSPS) is 14.7. The van der Waals surface area contributed by atoms with Gasteiger partial charge in [-0.25, -0.2) is 0 Å². The van der Waals surface area contributed by atoms with E-state index in [4.69, 9.17) is 0 Å². The molecule has 1 N–H and O–H groups in total. The number of nitrogens with zero attached hydrogens (tertiary/aromatic N) is 2. The summed E-state index contributed by atoms with van der Waals surface area (Å²) in [6, 6.07) is 26.2. The van der Waals surface area contributed by atoms with Crippen molar-refractivity contribution in [1.29, 1.82) is 0 Å². The quantitative estimate of drug-likeness (QED) is 0.614. The summed E-state index contributed by atoms with van der Waals surface area (Å²) in [6.45, 7) is 6.75. The predicted octanol–water partition coefficient (Wildman–Crippen LogP) is 5.08. The lowest BCUT2D eigenvalue weighted by Gasteiger charge is -2.36.